The summed E-state index contributed by atoms with van der Waals surface area (Å²) in [5.74, 6) is -2.68. The number of H-pyrrole nitrogens is 1. The average Bonchev–Trinajstić information content (AvgIpc) is 2.99. The lowest BCUT2D eigenvalue weighted by molar-refractivity contribution is -0.137. The molecule has 0 aliphatic carbocycles. The van der Waals surface area contributed by atoms with E-state index < -0.39 is 35.8 Å². The number of carbonyl (C=O) groups is 2. The smallest absolute Gasteiger partial charge is 0.341 e. The molecule has 8 nitrogen and oxygen atoms in total. The molecule has 2 aliphatic rings. The second-order valence-electron chi connectivity index (χ2n) is 5.71. The van der Waals surface area contributed by atoms with Gasteiger partial charge in [-0.1, -0.05) is 17.7 Å². The maximum absolute atomic E-state index is 14.4. The molecule has 0 fully saturated rings. The van der Waals surface area contributed by atoms with Crippen molar-refractivity contribution in [1.29, 1.82) is 0 Å². The number of aliphatic carboxylic acids is 1. The molecule has 1 aromatic carbocycles. The van der Waals surface area contributed by atoms with Gasteiger partial charge < -0.3 is 14.4 Å². The molecule has 0 saturated carbocycles. The lowest BCUT2D eigenvalue weighted by atomic mass is 10.0. The number of nitrogens with zero attached hydrogens (tertiary/aromatic N) is 2. The maximum Gasteiger partial charge on any atom is 0.341 e. The zero-order valence-corrected chi connectivity index (χ0v) is 14.7. The van der Waals surface area contributed by atoms with Gasteiger partial charge in [-0.05, 0) is 12.1 Å². The molecular weight excluding hydrogens is 381 g/mol. The van der Waals surface area contributed by atoms with Crippen LogP contribution in [0, 0.1) is 5.82 Å². The van der Waals surface area contributed by atoms with Crippen LogP contribution >= 0.6 is 11.6 Å². The highest BCUT2D eigenvalue weighted by molar-refractivity contribution is 6.30. The van der Waals surface area contributed by atoms with Crippen molar-refractivity contribution in [3.63, 3.8) is 0 Å². The third-order valence-corrected chi connectivity index (χ3v) is 4.27. The Morgan fingerprint density at radius 3 is 2.78 bits per heavy atom. The van der Waals surface area contributed by atoms with Crippen molar-refractivity contribution in [2.24, 2.45) is 0 Å². The van der Waals surface area contributed by atoms with Crippen LogP contribution in [0.3, 0.4) is 0 Å². The second-order valence-corrected chi connectivity index (χ2v) is 6.14. The second kappa shape index (κ2) is 7.20. The number of methoxy groups -OCH3 is 1. The van der Waals surface area contributed by atoms with E-state index >= 15 is 0 Å². The van der Waals surface area contributed by atoms with E-state index in [1.165, 1.54) is 29.1 Å². The van der Waals surface area contributed by atoms with Gasteiger partial charge in [0.1, 0.15) is 17.1 Å². The third-order valence-electron chi connectivity index (χ3n) is 4.04. The number of aromatic amines is 1. The van der Waals surface area contributed by atoms with E-state index in [0.717, 1.165) is 13.2 Å². The van der Waals surface area contributed by atoms with Crippen LogP contribution in [0.15, 0.2) is 35.4 Å². The molecule has 0 radical (unpaired) electrons. The molecule has 0 aromatic heterocycles. The summed E-state index contributed by atoms with van der Waals surface area (Å²) >= 11 is 5.77. The number of aromatic nitrogens is 3. The molecule has 2 heterocycles. The van der Waals surface area contributed by atoms with Crippen molar-refractivity contribution in [1.82, 2.24) is 14.8 Å². The zero-order valence-electron chi connectivity index (χ0n) is 13.9. The number of nitrogens with one attached hydrogen (secondary N) is 1. The molecule has 2 aliphatic heterocycles. The molecule has 0 saturated heterocycles. The molecule has 10 heteroatoms. The first kappa shape index (κ1) is 18.6. The molecule has 140 valence electrons. The summed E-state index contributed by atoms with van der Waals surface area (Å²) < 4.78 is 20.4. The van der Waals surface area contributed by atoms with Crippen LogP contribution in [0.1, 0.15) is 28.4 Å². The van der Waals surface area contributed by atoms with Gasteiger partial charge >= 0.3 is 11.9 Å². The number of hydrogen-bond acceptors (Lipinski definition) is 5. The fraction of sp³-hybridized carbons (Fsp3) is 0.176. The van der Waals surface area contributed by atoms with Gasteiger partial charge in [0.15, 0.2) is 0 Å². The minimum Gasteiger partial charge on any atom is -0.481 e. The molecule has 27 heavy (non-hydrogen) atoms. The van der Waals surface area contributed by atoms with E-state index in [0.29, 0.717) is 0 Å². The van der Waals surface area contributed by atoms with E-state index in [2.05, 4.69) is 10.2 Å². The summed E-state index contributed by atoms with van der Waals surface area (Å²) in [6.45, 7) is 0. The fourth-order valence-corrected chi connectivity index (χ4v) is 2.97. The summed E-state index contributed by atoms with van der Waals surface area (Å²) in [7, 11) is 1.16. The Morgan fingerprint density at radius 2 is 2.15 bits per heavy atom. The quantitative estimate of drug-likeness (QED) is 0.643. The maximum atomic E-state index is 14.4. The Kier molecular flexibility index (Phi) is 4.95. The van der Waals surface area contributed by atoms with Crippen LogP contribution in [0.2, 0.25) is 5.02 Å². The lowest BCUT2D eigenvalue weighted by Gasteiger charge is -2.22. The molecule has 3 rings (SSSR count). The number of halogens is 2. The summed E-state index contributed by atoms with van der Waals surface area (Å²) in [5.41, 5.74) is -0.470. The van der Waals surface area contributed by atoms with Crippen molar-refractivity contribution in [2.75, 3.05) is 7.11 Å². The summed E-state index contributed by atoms with van der Waals surface area (Å²) in [6, 6.07) is 2.80. The minimum absolute atomic E-state index is 0.0397. The van der Waals surface area contributed by atoms with Crippen molar-refractivity contribution in [3.05, 3.63) is 62.9 Å². The number of carboxylic acids is 1. The molecule has 1 atom stereocenters. The molecule has 0 spiro atoms. The van der Waals surface area contributed by atoms with Gasteiger partial charge in [0.25, 0.3) is 5.56 Å². The normalized spacial score (nSPS) is 12.1. The van der Waals surface area contributed by atoms with Crippen molar-refractivity contribution in [3.8, 4) is 11.3 Å². The number of hydrogen-bond donors (Lipinski definition) is 2. The Bertz CT molecular complexity index is 1060. The number of fused-ring (bicyclic) bond motifs is 1. The first-order chi connectivity index (χ1) is 12.8. The van der Waals surface area contributed by atoms with E-state index in [1.54, 1.807) is 0 Å². The van der Waals surface area contributed by atoms with Gasteiger partial charge in [-0.3, -0.25) is 9.59 Å². The summed E-state index contributed by atoms with van der Waals surface area (Å²) in [4.78, 5) is 35.4. The number of pyridine rings is 1. The van der Waals surface area contributed by atoms with Crippen LogP contribution in [0.5, 0.6) is 0 Å². The molecular formula is C17H13ClFN3O5. The first-order valence-corrected chi connectivity index (χ1v) is 8.04. The van der Waals surface area contributed by atoms with Gasteiger partial charge in [0.2, 0.25) is 0 Å². The fourth-order valence-electron chi connectivity index (χ4n) is 2.81. The Labute approximate surface area is 156 Å². The van der Waals surface area contributed by atoms with E-state index in [-0.39, 0.29) is 27.4 Å². The van der Waals surface area contributed by atoms with Crippen molar-refractivity contribution >= 4 is 23.5 Å². The van der Waals surface area contributed by atoms with Crippen LogP contribution in [0.25, 0.3) is 11.3 Å². The predicted octanol–water partition coefficient (Wildman–Crippen LogP) is 2.32. The lowest BCUT2D eigenvalue weighted by Crippen LogP contribution is -2.20. The number of rotatable bonds is 5. The van der Waals surface area contributed by atoms with Crippen LogP contribution in [0.4, 0.5) is 4.39 Å². The highest BCUT2D eigenvalue weighted by Crippen LogP contribution is 2.30. The monoisotopic (exact) mass is 393 g/mol. The highest BCUT2D eigenvalue weighted by Gasteiger charge is 2.27. The topological polar surface area (TPSA) is 114 Å². The number of benzene rings is 1. The number of carbonyl (C=O) groups excluding carboxylic acids is 1. The Morgan fingerprint density at radius 1 is 1.41 bits per heavy atom. The van der Waals surface area contributed by atoms with Crippen molar-refractivity contribution < 1.29 is 23.8 Å². The summed E-state index contributed by atoms with van der Waals surface area (Å²) in [5, 5.41) is 15.4. The zero-order chi connectivity index (χ0) is 19.7. The standard InChI is InChI=1S/C17H13ClFN3O5/c1-27-17(26)11-7-22(6-10-15(11)20-21-16(10)25)13(5-14(23)24)9-3-2-8(18)4-12(9)19/h2-4,6-7,13H,5H2,1H3,(H,21,25)(H,23,24)/t13-/m0/s1. The molecule has 0 unspecified atom stereocenters. The van der Waals surface area contributed by atoms with E-state index in [1.807, 2.05) is 0 Å². The number of esters is 1. The predicted molar refractivity (Wildman–Crippen MR) is 92.6 cm³/mol. The molecule has 1 aromatic rings. The number of carboxylic acid groups (broad SMARTS) is 1. The highest BCUT2D eigenvalue weighted by atomic mass is 35.5. The minimum atomic E-state index is -1.20. The van der Waals surface area contributed by atoms with Gasteiger partial charge in [0, 0.05) is 23.0 Å². The van der Waals surface area contributed by atoms with E-state index in [4.69, 9.17) is 16.3 Å². The van der Waals surface area contributed by atoms with Gasteiger partial charge in [-0.15, -0.1) is 0 Å². The third kappa shape index (κ3) is 3.54. The SMILES string of the molecule is COC(=O)c1cn([C@@H](CC(=O)O)c2ccc(Cl)cc2F)cc2c(=O)[nH]nc1-2. The van der Waals surface area contributed by atoms with Gasteiger partial charge in [0.05, 0.1) is 25.1 Å². The molecule has 0 bridgehead atoms. The van der Waals surface area contributed by atoms with Crippen molar-refractivity contribution in [2.45, 2.75) is 12.5 Å². The van der Waals surface area contributed by atoms with Gasteiger partial charge in [-0.25, -0.2) is 14.3 Å². The molecule has 2 N–H and O–H groups in total. The first-order valence-electron chi connectivity index (χ1n) is 7.66. The average molecular weight is 394 g/mol. The van der Waals surface area contributed by atoms with Crippen LogP contribution < -0.4 is 5.56 Å². The Hall–Kier alpha value is -3.20. The molecule has 0 amide bonds. The van der Waals surface area contributed by atoms with Gasteiger partial charge in [-0.2, -0.15) is 5.10 Å². The largest absolute Gasteiger partial charge is 0.481 e. The van der Waals surface area contributed by atoms with Crippen LogP contribution in [-0.4, -0.2) is 38.9 Å². The van der Waals surface area contributed by atoms with E-state index in [9.17, 15) is 23.9 Å². The summed E-state index contributed by atoms with van der Waals surface area (Å²) in [6.07, 6.45) is 2.09. The van der Waals surface area contributed by atoms with Crippen LogP contribution in [-0.2, 0) is 9.53 Å². The Balaban J connectivity index is 2.25. The number of ether oxygens (including phenoxy) is 1.